The molecule has 0 saturated heterocycles. The molecule has 1 nitrogen and oxygen atoms in total. The van der Waals surface area contributed by atoms with E-state index < -0.39 is 17.2 Å². The van der Waals surface area contributed by atoms with E-state index in [1.165, 1.54) is 75.8 Å². The van der Waals surface area contributed by atoms with Crippen molar-refractivity contribution in [1.29, 1.82) is 5.26 Å². The second-order valence-electron chi connectivity index (χ2n) is 9.34. The van der Waals surface area contributed by atoms with Gasteiger partial charge in [0.25, 0.3) is 0 Å². The molecule has 4 rings (SSSR count). The number of hydrogen-bond donors (Lipinski definition) is 0. The molecule has 2 saturated carbocycles. The Morgan fingerprint density at radius 3 is 2.59 bits per heavy atom. The molecule has 29 heavy (non-hydrogen) atoms. The van der Waals surface area contributed by atoms with Crippen LogP contribution in [-0.4, -0.2) is 0 Å². The highest BCUT2D eigenvalue weighted by atomic mass is 19.1. The van der Waals surface area contributed by atoms with Crippen molar-refractivity contribution in [3.63, 3.8) is 0 Å². The van der Waals surface area contributed by atoms with Gasteiger partial charge in [0.1, 0.15) is 17.4 Å². The number of fused-ring (bicyclic) bond motifs is 2. The summed E-state index contributed by atoms with van der Waals surface area (Å²) >= 11 is 0. The molecule has 4 atom stereocenters. The van der Waals surface area contributed by atoms with Crippen LogP contribution in [0.15, 0.2) is 24.3 Å². The molecule has 0 amide bonds. The Kier molecular flexibility index (Phi) is 6.18. The minimum atomic E-state index is -0.764. The van der Waals surface area contributed by atoms with Gasteiger partial charge in [0.15, 0.2) is 5.82 Å². The van der Waals surface area contributed by atoms with E-state index >= 15 is 0 Å². The van der Waals surface area contributed by atoms with Crippen molar-refractivity contribution in [2.75, 3.05) is 0 Å². The molecule has 0 radical (unpaired) electrons. The first-order valence-electron chi connectivity index (χ1n) is 11.4. The number of halogens is 2. The first-order chi connectivity index (χ1) is 14.1. The van der Waals surface area contributed by atoms with Crippen molar-refractivity contribution in [2.45, 2.75) is 77.0 Å². The first-order valence-corrected chi connectivity index (χ1v) is 11.4. The predicted octanol–water partition coefficient (Wildman–Crippen LogP) is 7.87. The third-order valence-electron chi connectivity index (χ3n) is 7.57. The Labute approximate surface area is 173 Å². The standard InChI is InChI=1S/C26H31F2N/c1-2-3-4-5-17-6-7-19-13-20(9-8-18(19)12-17)21-10-11-23-22(14-21)15-25(27)24(16-29)26(23)28/h10-11,14-15,17-20H,2-9,12-13H2,1H3/t17-,18?,19-,20?/m1/s1. The lowest BCUT2D eigenvalue weighted by Gasteiger charge is -2.42. The quantitative estimate of drug-likeness (QED) is 0.473. The number of nitriles is 1. The number of nitrogens with zero attached hydrogens (tertiary/aromatic N) is 1. The topological polar surface area (TPSA) is 23.8 Å². The largest absolute Gasteiger partial charge is 0.205 e. The van der Waals surface area contributed by atoms with Gasteiger partial charge in [-0.3, -0.25) is 0 Å². The highest BCUT2D eigenvalue weighted by Crippen LogP contribution is 2.48. The van der Waals surface area contributed by atoms with Crippen LogP contribution < -0.4 is 0 Å². The zero-order valence-electron chi connectivity index (χ0n) is 17.4. The molecule has 2 unspecified atom stereocenters. The van der Waals surface area contributed by atoms with Gasteiger partial charge in [0, 0.05) is 5.39 Å². The Balaban J connectivity index is 1.46. The zero-order valence-corrected chi connectivity index (χ0v) is 17.4. The maximum absolute atomic E-state index is 14.4. The van der Waals surface area contributed by atoms with Gasteiger partial charge in [0.05, 0.1) is 0 Å². The molecule has 2 aliphatic rings. The van der Waals surface area contributed by atoms with Gasteiger partial charge < -0.3 is 0 Å². The molecule has 2 aromatic rings. The van der Waals surface area contributed by atoms with E-state index in [4.69, 9.17) is 5.26 Å². The zero-order chi connectivity index (χ0) is 20.4. The Morgan fingerprint density at radius 2 is 1.79 bits per heavy atom. The van der Waals surface area contributed by atoms with Gasteiger partial charge in [0.2, 0.25) is 0 Å². The van der Waals surface area contributed by atoms with E-state index in [0.717, 1.165) is 17.8 Å². The van der Waals surface area contributed by atoms with E-state index in [1.807, 2.05) is 12.1 Å². The molecule has 2 aliphatic carbocycles. The highest BCUT2D eigenvalue weighted by molar-refractivity contribution is 5.85. The van der Waals surface area contributed by atoms with Crippen LogP contribution in [-0.2, 0) is 0 Å². The summed E-state index contributed by atoms with van der Waals surface area (Å²) in [6.45, 7) is 2.27. The van der Waals surface area contributed by atoms with E-state index in [9.17, 15) is 8.78 Å². The SMILES string of the molecule is CCCCC[C@@H]1CC[C@@H]2CC(c3ccc4c(F)c(C#N)c(F)cc4c3)CCC2C1. The van der Waals surface area contributed by atoms with Crippen LogP contribution >= 0.6 is 0 Å². The Morgan fingerprint density at radius 1 is 1.00 bits per heavy atom. The fraction of sp³-hybridized carbons (Fsp3) is 0.577. The average Bonchev–Trinajstić information content (AvgIpc) is 2.73. The first kappa shape index (κ1) is 20.3. The molecular weight excluding hydrogens is 364 g/mol. The second-order valence-corrected chi connectivity index (χ2v) is 9.34. The lowest BCUT2D eigenvalue weighted by Crippen LogP contribution is -2.30. The smallest absolute Gasteiger partial charge is 0.151 e. The van der Waals surface area contributed by atoms with Crippen molar-refractivity contribution >= 4 is 10.8 Å². The lowest BCUT2D eigenvalue weighted by atomic mass is 9.63. The molecule has 2 fully saturated rings. The molecular formula is C26H31F2N. The minimum absolute atomic E-state index is 0.341. The molecule has 0 spiro atoms. The maximum Gasteiger partial charge on any atom is 0.151 e. The maximum atomic E-state index is 14.4. The summed E-state index contributed by atoms with van der Waals surface area (Å²) in [5.74, 6) is 1.60. The third-order valence-corrected chi connectivity index (χ3v) is 7.57. The second kappa shape index (κ2) is 8.82. The number of benzene rings is 2. The molecule has 0 N–H and O–H groups in total. The number of rotatable bonds is 5. The Hall–Kier alpha value is -1.95. The van der Waals surface area contributed by atoms with Gasteiger partial charge >= 0.3 is 0 Å². The Bertz CT molecular complexity index is 913. The van der Waals surface area contributed by atoms with E-state index in [0.29, 0.717) is 16.7 Å². The molecule has 3 heteroatoms. The molecule has 2 aromatic carbocycles. The summed E-state index contributed by atoms with van der Waals surface area (Å²) in [5.41, 5.74) is 0.714. The molecule has 0 bridgehead atoms. The van der Waals surface area contributed by atoms with Crippen LogP contribution in [0, 0.1) is 40.7 Å². The molecule has 0 aromatic heterocycles. The summed E-state index contributed by atoms with van der Waals surface area (Å²) in [7, 11) is 0. The molecule has 0 heterocycles. The van der Waals surface area contributed by atoms with Crippen molar-refractivity contribution in [3.05, 3.63) is 47.0 Å². The fourth-order valence-electron chi connectivity index (χ4n) is 5.94. The van der Waals surface area contributed by atoms with Crippen LogP contribution in [0.25, 0.3) is 10.8 Å². The highest BCUT2D eigenvalue weighted by Gasteiger charge is 2.35. The van der Waals surface area contributed by atoms with Crippen LogP contribution in [0.5, 0.6) is 0 Å². The van der Waals surface area contributed by atoms with Gasteiger partial charge in [-0.1, -0.05) is 57.2 Å². The van der Waals surface area contributed by atoms with Gasteiger partial charge in [-0.15, -0.1) is 0 Å². The van der Waals surface area contributed by atoms with Crippen LogP contribution in [0.2, 0.25) is 0 Å². The molecule has 0 aliphatic heterocycles. The summed E-state index contributed by atoms with van der Waals surface area (Å²) in [6, 6.07) is 8.62. The van der Waals surface area contributed by atoms with Crippen LogP contribution in [0.4, 0.5) is 8.78 Å². The third kappa shape index (κ3) is 4.18. The summed E-state index contributed by atoms with van der Waals surface area (Å²) in [6.07, 6.45) is 13.3. The van der Waals surface area contributed by atoms with Crippen molar-refractivity contribution in [2.24, 2.45) is 17.8 Å². The predicted molar refractivity (Wildman–Crippen MR) is 114 cm³/mol. The van der Waals surface area contributed by atoms with Gasteiger partial charge in [-0.25, -0.2) is 8.78 Å². The van der Waals surface area contributed by atoms with Crippen molar-refractivity contribution in [1.82, 2.24) is 0 Å². The van der Waals surface area contributed by atoms with Gasteiger partial charge in [-0.2, -0.15) is 5.26 Å². The van der Waals surface area contributed by atoms with Crippen molar-refractivity contribution < 1.29 is 8.78 Å². The summed E-state index contributed by atoms with van der Waals surface area (Å²) in [5, 5.41) is 9.88. The van der Waals surface area contributed by atoms with Crippen molar-refractivity contribution in [3.8, 4) is 6.07 Å². The van der Waals surface area contributed by atoms with E-state index in [2.05, 4.69) is 6.92 Å². The minimum Gasteiger partial charge on any atom is -0.205 e. The van der Waals surface area contributed by atoms with Crippen LogP contribution in [0.1, 0.15) is 88.2 Å². The normalized spacial score (nSPS) is 26.8. The summed E-state index contributed by atoms with van der Waals surface area (Å²) < 4.78 is 28.5. The number of hydrogen-bond acceptors (Lipinski definition) is 1. The van der Waals surface area contributed by atoms with E-state index in [1.54, 1.807) is 12.1 Å². The monoisotopic (exact) mass is 395 g/mol. The number of unbranched alkanes of at least 4 members (excludes halogenated alkanes) is 2. The average molecular weight is 396 g/mol. The van der Waals surface area contributed by atoms with E-state index in [-0.39, 0.29) is 0 Å². The van der Waals surface area contributed by atoms with Gasteiger partial charge in [-0.05, 0) is 72.8 Å². The van der Waals surface area contributed by atoms with Crippen LogP contribution in [0.3, 0.4) is 0 Å². The summed E-state index contributed by atoms with van der Waals surface area (Å²) in [4.78, 5) is 0. The fourth-order valence-corrected chi connectivity index (χ4v) is 5.94. The lowest BCUT2D eigenvalue weighted by molar-refractivity contribution is 0.113. The molecule has 154 valence electrons.